The van der Waals surface area contributed by atoms with Crippen LogP contribution in [0.25, 0.3) is 11.1 Å². The van der Waals surface area contributed by atoms with Crippen molar-refractivity contribution < 1.29 is 13.5 Å². The van der Waals surface area contributed by atoms with E-state index in [0.29, 0.717) is 18.1 Å². The largest absolute Gasteiger partial charge is 0.490 e. The zero-order valence-electron chi connectivity index (χ0n) is 23.6. The standard InChI is InChI=1S/C34H47F2NO/c1-3-5-7-8-10-22-34(26-37)23-20-30(21-24-34)28-14-12-27(13-15-28)29-16-18-31(19-17-29)38-25-33(36)32(35)11-9-6-4-2/h12-19,30,32-33H,3-11,20-25H2,1-2H3/t30?,32-,33-,34?/m1/s1. The van der Waals surface area contributed by atoms with Gasteiger partial charge in [0.1, 0.15) is 18.5 Å². The van der Waals surface area contributed by atoms with Gasteiger partial charge >= 0.3 is 0 Å². The first-order valence-corrected chi connectivity index (χ1v) is 15.0. The number of rotatable bonds is 16. The average molecular weight is 524 g/mol. The number of halogens is 2. The van der Waals surface area contributed by atoms with Gasteiger partial charge in [0, 0.05) is 0 Å². The summed E-state index contributed by atoms with van der Waals surface area (Å²) in [7, 11) is 0. The molecule has 0 aliphatic heterocycles. The first kappa shape index (κ1) is 30.1. The second-order valence-electron chi connectivity index (χ2n) is 11.3. The molecule has 4 heteroatoms. The van der Waals surface area contributed by atoms with Crippen molar-refractivity contribution in [3.8, 4) is 22.9 Å². The van der Waals surface area contributed by atoms with Crippen molar-refractivity contribution in [1.82, 2.24) is 0 Å². The minimum absolute atomic E-state index is 0.116. The van der Waals surface area contributed by atoms with Crippen LogP contribution in [-0.2, 0) is 0 Å². The Morgan fingerprint density at radius 2 is 1.39 bits per heavy atom. The molecule has 1 aliphatic carbocycles. The van der Waals surface area contributed by atoms with E-state index >= 15 is 0 Å². The molecule has 0 unspecified atom stereocenters. The van der Waals surface area contributed by atoms with E-state index in [1.165, 1.54) is 37.7 Å². The van der Waals surface area contributed by atoms with Crippen LogP contribution in [0.5, 0.6) is 5.75 Å². The third-order valence-corrected chi connectivity index (χ3v) is 8.39. The van der Waals surface area contributed by atoms with Crippen molar-refractivity contribution in [2.45, 2.75) is 122 Å². The molecule has 0 saturated heterocycles. The lowest BCUT2D eigenvalue weighted by Crippen LogP contribution is -2.25. The molecule has 0 radical (unpaired) electrons. The van der Waals surface area contributed by atoms with Gasteiger partial charge in [-0.15, -0.1) is 0 Å². The lowest BCUT2D eigenvalue weighted by Gasteiger charge is -2.35. The molecule has 0 amide bonds. The molecule has 208 valence electrons. The van der Waals surface area contributed by atoms with Crippen molar-refractivity contribution in [3.63, 3.8) is 0 Å². The number of hydrogen-bond acceptors (Lipinski definition) is 2. The summed E-state index contributed by atoms with van der Waals surface area (Å²) in [5, 5.41) is 9.91. The van der Waals surface area contributed by atoms with Gasteiger partial charge in [-0.05, 0) is 73.3 Å². The third kappa shape index (κ3) is 9.11. The van der Waals surface area contributed by atoms with Gasteiger partial charge in [-0.25, -0.2) is 8.78 Å². The molecule has 2 nitrogen and oxygen atoms in total. The summed E-state index contributed by atoms with van der Waals surface area (Å²) in [5.74, 6) is 1.08. The molecule has 2 atom stereocenters. The molecule has 2 aromatic carbocycles. The van der Waals surface area contributed by atoms with Gasteiger partial charge in [0.15, 0.2) is 6.17 Å². The minimum atomic E-state index is -1.59. The number of nitrogens with zero attached hydrogens (tertiary/aromatic N) is 1. The summed E-state index contributed by atoms with van der Waals surface area (Å²) >= 11 is 0. The van der Waals surface area contributed by atoms with Gasteiger partial charge in [-0.3, -0.25) is 0 Å². The SMILES string of the molecule is CCCCCCCC1(C#N)CCC(c2ccc(-c3ccc(OC[C@@H](F)[C@H](F)CCCCC)cc3)cc2)CC1. The first-order chi connectivity index (χ1) is 18.5. The normalized spacial score (nSPS) is 21.0. The third-order valence-electron chi connectivity index (χ3n) is 8.39. The Kier molecular flexibility index (Phi) is 12.6. The summed E-state index contributed by atoms with van der Waals surface area (Å²) in [6.07, 6.45) is 11.4. The monoisotopic (exact) mass is 523 g/mol. The van der Waals surface area contributed by atoms with E-state index in [9.17, 15) is 14.0 Å². The molecular weight excluding hydrogens is 476 g/mol. The number of alkyl halides is 2. The van der Waals surface area contributed by atoms with Crippen LogP contribution in [0, 0.1) is 16.7 Å². The van der Waals surface area contributed by atoms with Crippen LogP contribution >= 0.6 is 0 Å². The number of unbranched alkanes of at least 4 members (excludes halogenated alkanes) is 6. The Bertz CT molecular complexity index is 957. The van der Waals surface area contributed by atoms with Crippen LogP contribution in [0.4, 0.5) is 8.78 Å². The molecule has 1 fully saturated rings. The van der Waals surface area contributed by atoms with Gasteiger partial charge in [0.05, 0.1) is 11.5 Å². The van der Waals surface area contributed by atoms with E-state index in [2.05, 4.69) is 44.2 Å². The van der Waals surface area contributed by atoms with E-state index in [1.54, 1.807) is 0 Å². The smallest absolute Gasteiger partial charge is 0.165 e. The number of ether oxygens (including phenoxy) is 1. The van der Waals surface area contributed by atoms with Crippen LogP contribution in [0.2, 0.25) is 0 Å². The molecule has 1 saturated carbocycles. The molecule has 0 N–H and O–H groups in total. The fourth-order valence-electron chi connectivity index (χ4n) is 5.73. The summed E-state index contributed by atoms with van der Waals surface area (Å²) < 4.78 is 33.6. The molecule has 0 heterocycles. The Labute approximate surface area is 229 Å². The van der Waals surface area contributed by atoms with Gasteiger partial charge in [0.2, 0.25) is 0 Å². The number of hydrogen-bond donors (Lipinski definition) is 0. The molecule has 0 aromatic heterocycles. The lowest BCUT2D eigenvalue weighted by atomic mass is 9.67. The van der Waals surface area contributed by atoms with Crippen LogP contribution in [0.3, 0.4) is 0 Å². The number of nitriles is 1. The van der Waals surface area contributed by atoms with E-state index in [-0.39, 0.29) is 18.4 Å². The number of benzene rings is 2. The maximum Gasteiger partial charge on any atom is 0.165 e. The van der Waals surface area contributed by atoms with Gasteiger partial charge in [0.25, 0.3) is 0 Å². The molecule has 0 bridgehead atoms. The van der Waals surface area contributed by atoms with Gasteiger partial charge < -0.3 is 4.74 Å². The molecule has 0 spiro atoms. The topological polar surface area (TPSA) is 33.0 Å². The summed E-state index contributed by atoms with van der Waals surface area (Å²) in [4.78, 5) is 0. The second-order valence-corrected chi connectivity index (χ2v) is 11.3. The molecule has 1 aliphatic rings. The van der Waals surface area contributed by atoms with Crippen LogP contribution in [0.1, 0.15) is 115 Å². The van der Waals surface area contributed by atoms with E-state index in [4.69, 9.17) is 4.74 Å². The fourth-order valence-corrected chi connectivity index (χ4v) is 5.73. The molecule has 2 aromatic rings. The van der Waals surface area contributed by atoms with E-state index in [0.717, 1.165) is 56.1 Å². The van der Waals surface area contributed by atoms with E-state index in [1.807, 2.05) is 24.3 Å². The lowest BCUT2D eigenvalue weighted by molar-refractivity contribution is 0.102. The van der Waals surface area contributed by atoms with E-state index < -0.39 is 12.3 Å². The predicted octanol–water partition coefficient (Wildman–Crippen LogP) is 10.5. The molecule has 38 heavy (non-hydrogen) atoms. The highest BCUT2D eigenvalue weighted by Gasteiger charge is 2.35. The first-order valence-electron chi connectivity index (χ1n) is 15.0. The Hall–Kier alpha value is -2.41. The molecular formula is C34H47F2NO. The maximum atomic E-state index is 14.1. The van der Waals surface area contributed by atoms with Gasteiger partial charge in [-0.1, -0.05) is 102 Å². The van der Waals surface area contributed by atoms with Crippen molar-refractivity contribution in [2.75, 3.05) is 6.61 Å². The van der Waals surface area contributed by atoms with Crippen LogP contribution in [-0.4, -0.2) is 19.0 Å². The predicted molar refractivity (Wildman–Crippen MR) is 154 cm³/mol. The average Bonchev–Trinajstić information content (AvgIpc) is 2.96. The maximum absolute atomic E-state index is 14.1. The van der Waals surface area contributed by atoms with Crippen molar-refractivity contribution in [2.24, 2.45) is 5.41 Å². The summed E-state index contributed by atoms with van der Waals surface area (Å²) in [6, 6.07) is 19.0. The Morgan fingerprint density at radius 3 is 2.00 bits per heavy atom. The fraction of sp³-hybridized carbons (Fsp3) is 0.618. The molecule has 3 rings (SSSR count). The quantitative estimate of drug-likeness (QED) is 0.205. The Balaban J connectivity index is 1.47. The van der Waals surface area contributed by atoms with Crippen molar-refractivity contribution in [3.05, 3.63) is 54.1 Å². The summed E-state index contributed by atoms with van der Waals surface area (Å²) in [5.41, 5.74) is 3.43. The Morgan fingerprint density at radius 1 is 0.816 bits per heavy atom. The highest BCUT2D eigenvalue weighted by atomic mass is 19.2. The van der Waals surface area contributed by atoms with Gasteiger partial charge in [-0.2, -0.15) is 5.26 Å². The van der Waals surface area contributed by atoms with Crippen LogP contribution in [0.15, 0.2) is 48.5 Å². The van der Waals surface area contributed by atoms with Crippen molar-refractivity contribution in [1.29, 1.82) is 5.26 Å². The highest BCUT2D eigenvalue weighted by Crippen LogP contribution is 2.46. The minimum Gasteiger partial charge on any atom is -0.490 e. The summed E-state index contributed by atoms with van der Waals surface area (Å²) in [6.45, 7) is 4.03. The zero-order valence-corrected chi connectivity index (χ0v) is 23.6. The highest BCUT2D eigenvalue weighted by molar-refractivity contribution is 5.64. The van der Waals surface area contributed by atoms with Crippen molar-refractivity contribution >= 4 is 0 Å². The zero-order chi connectivity index (χ0) is 27.2. The van der Waals surface area contributed by atoms with Crippen LogP contribution < -0.4 is 4.74 Å². The second kappa shape index (κ2) is 15.9.